The molecule has 7 heteroatoms. The van der Waals surface area contributed by atoms with Gasteiger partial charge in [0.2, 0.25) is 0 Å². The van der Waals surface area contributed by atoms with Crippen molar-refractivity contribution in [2.45, 2.75) is 25.4 Å². The van der Waals surface area contributed by atoms with Gasteiger partial charge in [0.25, 0.3) is 5.91 Å². The minimum absolute atomic E-state index is 0.244. The van der Waals surface area contributed by atoms with Crippen LogP contribution in [0.25, 0.3) is 0 Å². The summed E-state index contributed by atoms with van der Waals surface area (Å²) in [5, 5.41) is 3.02. The first-order chi connectivity index (χ1) is 9.75. The van der Waals surface area contributed by atoms with Gasteiger partial charge in [-0.25, -0.2) is 9.97 Å². The summed E-state index contributed by atoms with van der Waals surface area (Å²) < 4.78 is 10.9. The van der Waals surface area contributed by atoms with Crippen LogP contribution in [0.4, 0.5) is 0 Å². The van der Waals surface area contributed by atoms with Gasteiger partial charge in [0, 0.05) is 19.8 Å². The molecule has 1 amide bonds. The lowest BCUT2D eigenvalue weighted by Gasteiger charge is -2.10. The number of halogens is 1. The quantitative estimate of drug-likeness (QED) is 0.771. The highest BCUT2D eigenvalue weighted by atomic mass is 35.5. The van der Waals surface area contributed by atoms with E-state index in [4.69, 9.17) is 21.1 Å². The Morgan fingerprint density at radius 3 is 3.10 bits per heavy atom. The molecule has 6 nitrogen and oxygen atoms in total. The molecule has 0 bridgehead atoms. The van der Waals surface area contributed by atoms with E-state index in [-0.39, 0.29) is 22.9 Å². The molecule has 2 rings (SSSR count). The minimum atomic E-state index is -0.256. The molecule has 1 N–H and O–H groups in total. The molecule has 1 aromatic heterocycles. The summed E-state index contributed by atoms with van der Waals surface area (Å²) >= 11 is 5.60. The molecule has 0 aliphatic carbocycles. The van der Waals surface area contributed by atoms with E-state index >= 15 is 0 Å². The number of rotatable bonds is 7. The van der Waals surface area contributed by atoms with Crippen molar-refractivity contribution < 1.29 is 14.3 Å². The first-order valence-corrected chi connectivity index (χ1v) is 7.08. The third-order valence-corrected chi connectivity index (χ3v) is 3.13. The maximum Gasteiger partial charge on any atom is 0.271 e. The second kappa shape index (κ2) is 8.14. The molecule has 1 aromatic rings. The highest BCUT2D eigenvalue weighted by Crippen LogP contribution is 2.11. The third-order valence-electron chi connectivity index (χ3n) is 2.93. The predicted molar refractivity (Wildman–Crippen MR) is 73.8 cm³/mol. The van der Waals surface area contributed by atoms with Crippen molar-refractivity contribution in [2.24, 2.45) is 0 Å². The number of ether oxygens (including phenoxy) is 2. The van der Waals surface area contributed by atoms with Crippen LogP contribution in [0, 0.1) is 0 Å². The number of nitrogens with one attached hydrogen (secondary N) is 1. The second-order valence-corrected chi connectivity index (χ2v) is 4.93. The number of aromatic nitrogens is 2. The molecule has 1 aliphatic heterocycles. The number of nitrogens with zero attached hydrogens (tertiary/aromatic N) is 2. The SMILES string of the molecule is O=C(NCCCOCC1CCCO1)c1cnc(Cl)cn1. The first-order valence-electron chi connectivity index (χ1n) is 6.71. The Labute approximate surface area is 122 Å². The molecule has 0 spiro atoms. The Bertz CT molecular complexity index is 421. The standard InChI is InChI=1S/C13H18ClN3O3/c14-12-8-16-11(7-17-12)13(18)15-4-2-5-19-9-10-3-1-6-20-10/h7-8,10H,1-6,9H2,(H,15,18). The van der Waals surface area contributed by atoms with Gasteiger partial charge in [-0.2, -0.15) is 0 Å². The van der Waals surface area contributed by atoms with Crippen LogP contribution in [0.2, 0.25) is 5.15 Å². The second-order valence-electron chi connectivity index (χ2n) is 4.54. The summed E-state index contributed by atoms with van der Waals surface area (Å²) in [5.41, 5.74) is 0.259. The van der Waals surface area contributed by atoms with E-state index in [0.29, 0.717) is 19.8 Å². The van der Waals surface area contributed by atoms with Crippen LogP contribution in [-0.4, -0.2) is 48.3 Å². The van der Waals surface area contributed by atoms with Crippen LogP contribution in [0.1, 0.15) is 29.8 Å². The van der Waals surface area contributed by atoms with E-state index in [2.05, 4.69) is 15.3 Å². The average molecular weight is 300 g/mol. The van der Waals surface area contributed by atoms with Gasteiger partial charge in [-0.1, -0.05) is 11.6 Å². The highest BCUT2D eigenvalue weighted by molar-refractivity contribution is 6.29. The van der Waals surface area contributed by atoms with Crippen molar-refractivity contribution in [2.75, 3.05) is 26.4 Å². The summed E-state index contributed by atoms with van der Waals surface area (Å²) in [6.07, 6.45) is 5.89. The molecular formula is C13H18ClN3O3. The van der Waals surface area contributed by atoms with E-state index in [1.807, 2.05) is 0 Å². The van der Waals surface area contributed by atoms with Crippen LogP contribution in [-0.2, 0) is 9.47 Å². The number of carbonyl (C=O) groups excluding carboxylic acids is 1. The van der Waals surface area contributed by atoms with Gasteiger partial charge in [-0.15, -0.1) is 0 Å². The molecule has 1 unspecified atom stereocenters. The van der Waals surface area contributed by atoms with Gasteiger partial charge in [0.05, 0.1) is 25.1 Å². The highest BCUT2D eigenvalue weighted by Gasteiger charge is 2.15. The van der Waals surface area contributed by atoms with E-state index in [1.165, 1.54) is 12.4 Å². The Balaban J connectivity index is 1.54. The van der Waals surface area contributed by atoms with Gasteiger partial charge in [0.1, 0.15) is 10.8 Å². The summed E-state index contributed by atoms with van der Waals surface area (Å²) in [4.78, 5) is 19.4. The van der Waals surface area contributed by atoms with Crippen molar-refractivity contribution in [3.8, 4) is 0 Å². The molecule has 1 saturated heterocycles. The molecular weight excluding hydrogens is 282 g/mol. The fourth-order valence-electron chi connectivity index (χ4n) is 1.89. The average Bonchev–Trinajstić information content (AvgIpc) is 2.96. The van der Waals surface area contributed by atoms with Gasteiger partial charge in [-0.05, 0) is 19.3 Å². The largest absolute Gasteiger partial charge is 0.379 e. The van der Waals surface area contributed by atoms with E-state index in [9.17, 15) is 4.79 Å². The zero-order valence-corrected chi connectivity index (χ0v) is 11.9. The summed E-state index contributed by atoms with van der Waals surface area (Å²) in [7, 11) is 0. The number of amides is 1. The number of hydrogen-bond donors (Lipinski definition) is 1. The Morgan fingerprint density at radius 1 is 1.50 bits per heavy atom. The van der Waals surface area contributed by atoms with Gasteiger partial charge in [-0.3, -0.25) is 4.79 Å². The maximum atomic E-state index is 11.7. The third kappa shape index (κ3) is 5.03. The Morgan fingerprint density at radius 2 is 2.40 bits per heavy atom. The zero-order valence-electron chi connectivity index (χ0n) is 11.2. The van der Waals surface area contributed by atoms with Crippen LogP contribution < -0.4 is 5.32 Å². The number of carbonyl (C=O) groups is 1. The normalized spacial score (nSPS) is 18.1. The Kier molecular flexibility index (Phi) is 6.17. The van der Waals surface area contributed by atoms with Crippen molar-refractivity contribution in [1.29, 1.82) is 0 Å². The van der Waals surface area contributed by atoms with E-state index < -0.39 is 0 Å². The molecule has 110 valence electrons. The molecule has 20 heavy (non-hydrogen) atoms. The molecule has 2 heterocycles. The monoisotopic (exact) mass is 299 g/mol. The molecule has 0 saturated carbocycles. The smallest absolute Gasteiger partial charge is 0.271 e. The first kappa shape index (κ1) is 15.2. The van der Waals surface area contributed by atoms with Crippen molar-refractivity contribution >= 4 is 17.5 Å². The fraction of sp³-hybridized carbons (Fsp3) is 0.615. The molecule has 0 radical (unpaired) electrons. The maximum absolute atomic E-state index is 11.7. The predicted octanol–water partition coefficient (Wildman–Crippen LogP) is 1.45. The lowest BCUT2D eigenvalue weighted by atomic mass is 10.2. The molecule has 0 aromatic carbocycles. The topological polar surface area (TPSA) is 73.3 Å². The van der Waals surface area contributed by atoms with Crippen LogP contribution in [0.15, 0.2) is 12.4 Å². The van der Waals surface area contributed by atoms with Gasteiger partial charge in [0.15, 0.2) is 0 Å². The minimum Gasteiger partial charge on any atom is -0.379 e. The molecule has 1 fully saturated rings. The fourth-order valence-corrected chi connectivity index (χ4v) is 1.98. The molecule has 1 atom stereocenters. The van der Waals surface area contributed by atoms with Gasteiger partial charge >= 0.3 is 0 Å². The van der Waals surface area contributed by atoms with Crippen LogP contribution in [0.5, 0.6) is 0 Å². The van der Waals surface area contributed by atoms with E-state index in [1.54, 1.807) is 0 Å². The van der Waals surface area contributed by atoms with E-state index in [0.717, 1.165) is 25.9 Å². The lowest BCUT2D eigenvalue weighted by Crippen LogP contribution is -2.26. The lowest BCUT2D eigenvalue weighted by molar-refractivity contribution is 0.0166. The van der Waals surface area contributed by atoms with Crippen LogP contribution in [0.3, 0.4) is 0 Å². The zero-order chi connectivity index (χ0) is 14.2. The Hall–Kier alpha value is -1.24. The summed E-state index contributed by atoms with van der Waals surface area (Å²) in [5.74, 6) is -0.256. The number of hydrogen-bond acceptors (Lipinski definition) is 5. The summed E-state index contributed by atoms with van der Waals surface area (Å²) in [6, 6.07) is 0. The van der Waals surface area contributed by atoms with Crippen molar-refractivity contribution in [1.82, 2.24) is 15.3 Å². The van der Waals surface area contributed by atoms with Crippen molar-refractivity contribution in [3.05, 3.63) is 23.2 Å². The molecule has 1 aliphatic rings. The van der Waals surface area contributed by atoms with Crippen LogP contribution >= 0.6 is 11.6 Å². The van der Waals surface area contributed by atoms with Gasteiger partial charge < -0.3 is 14.8 Å². The van der Waals surface area contributed by atoms with Crippen molar-refractivity contribution in [3.63, 3.8) is 0 Å². The summed E-state index contributed by atoms with van der Waals surface area (Å²) in [6.45, 7) is 2.61.